The van der Waals surface area contributed by atoms with E-state index >= 15 is 0 Å². The number of nitriles is 1. The number of hydrogen-bond acceptors (Lipinski definition) is 10. The molecule has 1 saturated heterocycles. The van der Waals surface area contributed by atoms with Crippen LogP contribution >= 0.6 is 0 Å². The zero-order chi connectivity index (χ0) is 37.1. The number of pyridine rings is 2. The third-order valence-electron chi connectivity index (χ3n) is 11.1. The van der Waals surface area contributed by atoms with E-state index in [0.29, 0.717) is 61.0 Å². The van der Waals surface area contributed by atoms with E-state index in [9.17, 15) is 20.3 Å². The van der Waals surface area contributed by atoms with Crippen molar-refractivity contribution < 1.29 is 19.4 Å². The molecule has 3 N–H and O–H groups in total. The van der Waals surface area contributed by atoms with E-state index in [1.54, 1.807) is 13.1 Å². The van der Waals surface area contributed by atoms with Crippen LogP contribution in [0.5, 0.6) is 0 Å². The van der Waals surface area contributed by atoms with Gasteiger partial charge < -0.3 is 19.9 Å². The second-order valence-electron chi connectivity index (χ2n) is 14.9. The third kappa shape index (κ3) is 6.39. The highest BCUT2D eigenvalue weighted by Crippen LogP contribution is 2.40. The SMILES string of the molecule is Cc1c(Nc2nccc3cc(CN(C)C4(O)CC4)cnc23)cccc1-c1cccc(-c2nc3cc(CN4CC[C@@](C)(C(=O)O)C4)cc(C#N)c3o2)c1C. The fourth-order valence-corrected chi connectivity index (χ4v) is 7.55. The molecule has 53 heavy (non-hydrogen) atoms. The summed E-state index contributed by atoms with van der Waals surface area (Å²) < 4.78 is 6.29. The maximum absolute atomic E-state index is 11.8. The van der Waals surface area contributed by atoms with E-state index in [1.807, 2.05) is 60.6 Å². The average molecular weight is 708 g/mol. The van der Waals surface area contributed by atoms with E-state index < -0.39 is 17.1 Å². The van der Waals surface area contributed by atoms with Gasteiger partial charge in [0.05, 0.1) is 11.0 Å². The minimum absolute atomic E-state index is 0.400. The van der Waals surface area contributed by atoms with Gasteiger partial charge in [0.1, 0.15) is 22.8 Å². The van der Waals surface area contributed by atoms with Crippen LogP contribution in [0.3, 0.4) is 0 Å². The first kappa shape index (κ1) is 34.4. The van der Waals surface area contributed by atoms with Crippen LogP contribution < -0.4 is 5.32 Å². The first-order chi connectivity index (χ1) is 25.4. The van der Waals surface area contributed by atoms with Gasteiger partial charge in [0, 0.05) is 48.7 Å². The summed E-state index contributed by atoms with van der Waals surface area (Å²) in [6.07, 6.45) is 5.81. The van der Waals surface area contributed by atoms with Gasteiger partial charge >= 0.3 is 5.97 Å². The Bertz CT molecular complexity index is 2460. The molecule has 0 bridgehead atoms. The predicted octanol–water partition coefficient (Wildman–Crippen LogP) is 7.55. The summed E-state index contributed by atoms with van der Waals surface area (Å²) in [5.41, 5.74) is 8.48. The van der Waals surface area contributed by atoms with Crippen LogP contribution in [0, 0.1) is 30.6 Å². The fourth-order valence-electron chi connectivity index (χ4n) is 7.55. The van der Waals surface area contributed by atoms with E-state index in [2.05, 4.69) is 53.3 Å². The molecule has 11 nitrogen and oxygen atoms in total. The minimum atomic E-state index is -0.784. The van der Waals surface area contributed by atoms with Gasteiger partial charge in [-0.25, -0.2) is 9.97 Å². The number of benzene rings is 3. The Morgan fingerprint density at radius 2 is 1.77 bits per heavy atom. The van der Waals surface area contributed by atoms with Crippen molar-refractivity contribution in [3.8, 4) is 28.7 Å². The van der Waals surface area contributed by atoms with E-state index in [0.717, 1.165) is 68.4 Å². The molecule has 268 valence electrons. The lowest BCUT2D eigenvalue weighted by molar-refractivity contribution is -0.147. The van der Waals surface area contributed by atoms with Gasteiger partial charge in [-0.05, 0) is 123 Å². The van der Waals surface area contributed by atoms with Crippen LogP contribution in [0.15, 0.2) is 77.5 Å². The summed E-state index contributed by atoms with van der Waals surface area (Å²) in [5, 5.41) is 34.7. The number of hydrogen-bond donors (Lipinski definition) is 3. The number of aliphatic carboxylic acids is 1. The number of fused-ring (bicyclic) bond motifs is 2. The molecule has 0 unspecified atom stereocenters. The molecule has 1 atom stereocenters. The smallest absolute Gasteiger partial charge is 0.310 e. The van der Waals surface area contributed by atoms with Crippen LogP contribution in [-0.2, 0) is 17.9 Å². The van der Waals surface area contributed by atoms with Crippen molar-refractivity contribution in [1.82, 2.24) is 24.8 Å². The topological polar surface area (TPSA) is 152 Å². The molecular weight excluding hydrogens is 667 g/mol. The number of oxazole rings is 1. The molecule has 0 amide bonds. The summed E-state index contributed by atoms with van der Waals surface area (Å²) in [7, 11) is 1.94. The summed E-state index contributed by atoms with van der Waals surface area (Å²) >= 11 is 0. The van der Waals surface area contributed by atoms with Crippen molar-refractivity contribution in [3.05, 3.63) is 101 Å². The molecule has 4 heterocycles. The monoisotopic (exact) mass is 707 g/mol. The highest BCUT2D eigenvalue weighted by molar-refractivity contribution is 5.91. The first-order valence-electron chi connectivity index (χ1n) is 17.9. The third-order valence-corrected chi connectivity index (χ3v) is 11.1. The molecule has 11 heteroatoms. The molecule has 6 aromatic rings. The van der Waals surface area contributed by atoms with Crippen molar-refractivity contribution in [2.45, 2.75) is 58.8 Å². The number of rotatable bonds is 10. The molecule has 2 aliphatic rings. The summed E-state index contributed by atoms with van der Waals surface area (Å²) in [5.74, 6) is 0.310. The van der Waals surface area contributed by atoms with E-state index in [-0.39, 0.29) is 0 Å². The summed E-state index contributed by atoms with van der Waals surface area (Å²) in [4.78, 5) is 30.2. The van der Waals surface area contributed by atoms with Gasteiger partial charge in [-0.15, -0.1) is 0 Å². The molecule has 3 aromatic heterocycles. The number of carboxylic acid groups (broad SMARTS) is 1. The normalized spacial score (nSPS) is 18.1. The standard InChI is InChI=1S/C42H41N7O4/c1-25-31(7-5-9-33(25)39-47-35-19-27(17-30(20-43)37(35)53-39)23-49-16-14-41(3,24-49)40(50)51)32-8-6-10-34(26(32)2)46-38-36-29(11-15-44-38)18-28(21-45-36)22-48(4)42(52)12-13-42/h5-11,15,17-19,21,52H,12-14,16,22-24H2,1-4H3,(H,44,46)(H,50,51)/t41-/m1/s1. The van der Waals surface area contributed by atoms with Crippen molar-refractivity contribution in [2.24, 2.45) is 5.41 Å². The number of aliphatic hydroxyl groups is 1. The van der Waals surface area contributed by atoms with Crippen molar-refractivity contribution >= 4 is 39.5 Å². The molecule has 1 aliphatic carbocycles. The van der Waals surface area contributed by atoms with Gasteiger partial charge in [-0.3, -0.25) is 19.6 Å². The maximum Gasteiger partial charge on any atom is 0.310 e. The van der Waals surface area contributed by atoms with Crippen molar-refractivity contribution in [1.29, 1.82) is 5.26 Å². The number of aromatic nitrogens is 3. The van der Waals surface area contributed by atoms with E-state index in [1.165, 1.54) is 0 Å². The minimum Gasteiger partial charge on any atom is -0.481 e. The second kappa shape index (κ2) is 13.1. The molecule has 0 radical (unpaired) electrons. The fraction of sp³-hybridized carbons (Fsp3) is 0.310. The molecule has 2 fully saturated rings. The zero-order valence-corrected chi connectivity index (χ0v) is 30.3. The van der Waals surface area contributed by atoms with Crippen LogP contribution in [0.25, 0.3) is 44.6 Å². The van der Waals surface area contributed by atoms with Gasteiger partial charge in [0.2, 0.25) is 5.89 Å². The number of likely N-dealkylation sites (tertiary alicyclic amines) is 1. The highest BCUT2D eigenvalue weighted by atomic mass is 16.4. The first-order valence-corrected chi connectivity index (χ1v) is 17.9. The Kier molecular flexibility index (Phi) is 8.49. The number of nitrogens with zero attached hydrogens (tertiary/aromatic N) is 6. The molecule has 3 aromatic carbocycles. The van der Waals surface area contributed by atoms with Crippen LogP contribution in [-0.4, -0.2) is 66.8 Å². The molecule has 1 saturated carbocycles. The van der Waals surface area contributed by atoms with Gasteiger partial charge in [0.15, 0.2) is 11.4 Å². The predicted molar refractivity (Wildman–Crippen MR) is 203 cm³/mol. The number of anilines is 2. The Hall–Kier alpha value is -5.67. The van der Waals surface area contributed by atoms with E-state index in [4.69, 9.17) is 14.4 Å². The molecule has 1 aliphatic heterocycles. The zero-order valence-electron chi connectivity index (χ0n) is 30.3. The Morgan fingerprint density at radius 1 is 1.02 bits per heavy atom. The average Bonchev–Trinajstić information content (AvgIpc) is 3.57. The Balaban J connectivity index is 1.07. The number of carbonyl (C=O) groups is 1. The lowest BCUT2D eigenvalue weighted by Gasteiger charge is -2.22. The van der Waals surface area contributed by atoms with Gasteiger partial charge in [-0.2, -0.15) is 5.26 Å². The van der Waals surface area contributed by atoms with Crippen LogP contribution in [0.1, 0.15) is 54.0 Å². The molecule has 8 rings (SSSR count). The Labute approximate surface area is 307 Å². The van der Waals surface area contributed by atoms with Gasteiger partial charge in [0.25, 0.3) is 0 Å². The highest BCUT2D eigenvalue weighted by Gasteiger charge is 2.44. The second-order valence-corrected chi connectivity index (χ2v) is 14.9. The lowest BCUT2D eigenvalue weighted by Crippen LogP contribution is -2.32. The largest absolute Gasteiger partial charge is 0.481 e. The number of nitrogens with one attached hydrogen (secondary N) is 1. The maximum atomic E-state index is 11.8. The van der Waals surface area contributed by atoms with Gasteiger partial charge in [-0.1, -0.05) is 24.3 Å². The van der Waals surface area contributed by atoms with Crippen molar-refractivity contribution in [3.63, 3.8) is 0 Å². The Morgan fingerprint density at radius 3 is 2.51 bits per heavy atom. The number of carboxylic acids is 1. The summed E-state index contributed by atoms with van der Waals surface area (Å²) in [6, 6.07) is 22.3. The lowest BCUT2D eigenvalue weighted by atomic mass is 9.90. The van der Waals surface area contributed by atoms with Crippen LogP contribution in [0.2, 0.25) is 0 Å². The van der Waals surface area contributed by atoms with Crippen molar-refractivity contribution in [2.75, 3.05) is 25.5 Å². The molecule has 0 spiro atoms. The quantitative estimate of drug-likeness (QED) is 0.121. The van der Waals surface area contributed by atoms with Crippen LogP contribution in [0.4, 0.5) is 11.5 Å². The summed E-state index contributed by atoms with van der Waals surface area (Å²) in [6.45, 7) is 8.19. The molecular formula is C42H41N7O4.